The van der Waals surface area contributed by atoms with Crippen LogP contribution in [0.25, 0.3) is 6.08 Å². The first-order chi connectivity index (χ1) is 18.7. The fourth-order valence-corrected chi connectivity index (χ4v) is 6.71. The van der Waals surface area contributed by atoms with Crippen molar-refractivity contribution in [3.8, 4) is 5.75 Å². The molecule has 1 aromatic carbocycles. The van der Waals surface area contributed by atoms with Gasteiger partial charge in [0.05, 0.1) is 24.9 Å². The molecule has 2 aliphatic rings. The summed E-state index contributed by atoms with van der Waals surface area (Å²) >= 11 is 3.10. The number of esters is 1. The lowest BCUT2D eigenvalue weighted by Gasteiger charge is -2.32. The third kappa shape index (κ3) is 6.97. The normalized spacial score (nSPS) is 24.0. The van der Waals surface area contributed by atoms with Crippen LogP contribution in [0.1, 0.15) is 50.8 Å². The summed E-state index contributed by atoms with van der Waals surface area (Å²) in [6, 6.07) is 8.37. The molecule has 39 heavy (non-hydrogen) atoms. The van der Waals surface area contributed by atoms with Gasteiger partial charge >= 0.3 is 19.4 Å². The summed E-state index contributed by atoms with van der Waals surface area (Å²) in [4.78, 5) is 41.0. The van der Waals surface area contributed by atoms with Gasteiger partial charge in [0.1, 0.15) is 23.6 Å². The lowest BCUT2D eigenvalue weighted by Crippen LogP contribution is -2.50. The molecule has 0 spiro atoms. The summed E-state index contributed by atoms with van der Waals surface area (Å²) in [6.45, 7) is 1.48. The third-order valence-electron chi connectivity index (χ3n) is 6.60. The molecule has 14 heteroatoms. The van der Waals surface area contributed by atoms with Gasteiger partial charge in [0.2, 0.25) is 0 Å². The van der Waals surface area contributed by atoms with E-state index in [9.17, 15) is 24.1 Å². The second kappa shape index (κ2) is 12.8. The van der Waals surface area contributed by atoms with Gasteiger partial charge in [-0.2, -0.15) is 5.09 Å². The van der Waals surface area contributed by atoms with E-state index in [-0.39, 0.29) is 30.9 Å². The number of aliphatic hydroxyl groups is 1. The molecule has 212 valence electrons. The number of aromatic nitrogens is 2. The molecule has 4 atom stereocenters. The highest BCUT2D eigenvalue weighted by Gasteiger charge is 2.49. The highest BCUT2D eigenvalue weighted by molar-refractivity contribution is 9.11. The van der Waals surface area contributed by atoms with Gasteiger partial charge in [0.15, 0.2) is 0 Å². The first-order valence-electron chi connectivity index (χ1n) is 12.6. The van der Waals surface area contributed by atoms with E-state index in [2.05, 4.69) is 26.0 Å². The number of aliphatic hydroxyl groups excluding tert-OH is 1. The van der Waals surface area contributed by atoms with Crippen LogP contribution in [0.15, 0.2) is 51.1 Å². The molecule has 0 bridgehead atoms. The van der Waals surface area contributed by atoms with Gasteiger partial charge in [-0.3, -0.25) is 23.7 Å². The molecule has 1 aliphatic carbocycles. The van der Waals surface area contributed by atoms with Crippen LogP contribution in [-0.4, -0.2) is 51.6 Å². The largest absolute Gasteiger partial charge is 0.465 e. The number of carbonyl (C=O) groups is 1. The Morgan fingerprint density at radius 1 is 1.31 bits per heavy atom. The fraction of sp³-hybridized carbons (Fsp3) is 0.480. The summed E-state index contributed by atoms with van der Waals surface area (Å²) in [7, 11) is -4.21. The second-order valence-corrected chi connectivity index (χ2v) is 11.5. The standard InChI is InChI=1S/C25H31BrN3O9P/c1-2-35-23(32)25(11-6-7-12-25)28-39(34,38-18-8-4-3-5-9-18)36-16-20-19(30)14-21(37-20)29-15-17(10-13-26)22(31)27-24(29)33/h3-5,8-10,13,15,19-21,30H,2,6-7,11-12,14,16H2,1H3,(H,28,34)(H,27,31,33)/b13-10+/t19?,20-,21-,39?/m1/s1. The second-order valence-electron chi connectivity index (χ2n) is 9.29. The van der Waals surface area contributed by atoms with Crippen LogP contribution in [0.4, 0.5) is 0 Å². The van der Waals surface area contributed by atoms with Crippen LogP contribution < -0.4 is 20.9 Å². The summed E-state index contributed by atoms with van der Waals surface area (Å²) in [5.41, 5.74) is -2.32. The minimum atomic E-state index is -4.21. The number of rotatable bonds is 11. The number of aromatic amines is 1. The maximum absolute atomic E-state index is 14.1. The molecule has 3 N–H and O–H groups in total. The van der Waals surface area contributed by atoms with Crippen LogP contribution >= 0.6 is 23.7 Å². The van der Waals surface area contributed by atoms with E-state index in [1.54, 1.807) is 37.3 Å². The molecule has 4 rings (SSSR count). The lowest BCUT2D eigenvalue weighted by atomic mass is 10.00. The van der Waals surface area contributed by atoms with E-state index in [1.165, 1.54) is 21.8 Å². The van der Waals surface area contributed by atoms with Gasteiger partial charge in [-0.15, -0.1) is 0 Å². The predicted octanol–water partition coefficient (Wildman–Crippen LogP) is 3.22. The van der Waals surface area contributed by atoms with Crippen molar-refractivity contribution in [2.24, 2.45) is 0 Å². The maximum atomic E-state index is 14.1. The quantitative estimate of drug-likeness (QED) is 0.249. The Morgan fingerprint density at radius 2 is 2.03 bits per heavy atom. The first kappa shape index (κ1) is 29.4. The lowest BCUT2D eigenvalue weighted by molar-refractivity contribution is -0.150. The molecule has 2 heterocycles. The molecule has 1 saturated carbocycles. The summed E-state index contributed by atoms with van der Waals surface area (Å²) < 4.78 is 37.9. The number of hydrogen-bond donors (Lipinski definition) is 3. The molecule has 2 fully saturated rings. The van der Waals surface area contributed by atoms with Crippen molar-refractivity contribution in [1.29, 1.82) is 0 Å². The number of carbonyl (C=O) groups excluding carboxylic acids is 1. The number of nitrogens with one attached hydrogen (secondary N) is 2. The molecule has 2 unspecified atom stereocenters. The Hall–Kier alpha value is -2.54. The molecule has 12 nitrogen and oxygen atoms in total. The van der Waals surface area contributed by atoms with E-state index >= 15 is 0 Å². The third-order valence-corrected chi connectivity index (χ3v) is 8.51. The van der Waals surface area contributed by atoms with Gasteiger partial charge in [0.25, 0.3) is 5.56 Å². The minimum absolute atomic E-state index is 0.0154. The summed E-state index contributed by atoms with van der Waals surface area (Å²) in [5, 5.41) is 13.5. The van der Waals surface area contributed by atoms with E-state index < -0.39 is 48.9 Å². The summed E-state index contributed by atoms with van der Waals surface area (Å²) in [5.74, 6) is -0.283. The van der Waals surface area contributed by atoms with Crippen LogP contribution in [0.5, 0.6) is 5.75 Å². The number of hydrogen-bond acceptors (Lipinski definition) is 9. The van der Waals surface area contributed by atoms with Gasteiger partial charge in [0, 0.05) is 12.6 Å². The number of H-pyrrole nitrogens is 1. The molecular weight excluding hydrogens is 597 g/mol. The molecule has 2 aromatic rings. The van der Waals surface area contributed by atoms with E-state index in [1.807, 2.05) is 0 Å². The monoisotopic (exact) mass is 627 g/mol. The van der Waals surface area contributed by atoms with E-state index in [4.69, 9.17) is 18.5 Å². The van der Waals surface area contributed by atoms with Crippen LogP contribution in [0, 0.1) is 0 Å². The zero-order valence-corrected chi connectivity index (χ0v) is 23.8. The molecular formula is C25H31BrN3O9P. The number of benzene rings is 1. The van der Waals surface area contributed by atoms with Crippen LogP contribution in [0.2, 0.25) is 0 Å². The Balaban J connectivity index is 1.54. The number of halogens is 1. The van der Waals surface area contributed by atoms with Gasteiger partial charge in [-0.05, 0) is 43.0 Å². The first-order valence-corrected chi connectivity index (χ1v) is 15.1. The van der Waals surface area contributed by atoms with Gasteiger partial charge < -0.3 is 19.1 Å². The Morgan fingerprint density at radius 3 is 2.69 bits per heavy atom. The zero-order chi connectivity index (χ0) is 28.0. The van der Waals surface area contributed by atoms with Crippen LogP contribution in [-0.2, 0) is 23.4 Å². The van der Waals surface area contributed by atoms with Crippen molar-refractivity contribution in [2.45, 2.75) is 63.0 Å². The molecule has 1 aromatic heterocycles. The van der Waals surface area contributed by atoms with Crippen molar-refractivity contribution in [2.75, 3.05) is 13.2 Å². The molecule has 0 amide bonds. The van der Waals surface area contributed by atoms with E-state index in [0.29, 0.717) is 12.8 Å². The van der Waals surface area contributed by atoms with Crippen molar-refractivity contribution in [1.82, 2.24) is 14.6 Å². The number of ether oxygens (including phenoxy) is 2. The fourth-order valence-electron chi connectivity index (χ4n) is 4.68. The van der Waals surface area contributed by atoms with Gasteiger partial charge in [-0.1, -0.05) is 47.0 Å². The van der Waals surface area contributed by atoms with Crippen molar-refractivity contribution in [3.05, 3.63) is 67.9 Å². The SMILES string of the molecule is CCOC(=O)C1(NP(=O)(OC[C@H]2O[C@@H](n3cc(/C=C/Br)c(=O)[nH]c3=O)CC2O)Oc2ccccc2)CCCC1. The predicted molar refractivity (Wildman–Crippen MR) is 145 cm³/mol. The number of nitrogens with zero attached hydrogens (tertiary/aromatic N) is 1. The average molecular weight is 628 g/mol. The van der Waals surface area contributed by atoms with E-state index in [0.717, 1.165) is 12.8 Å². The number of para-hydroxylation sites is 1. The summed E-state index contributed by atoms with van der Waals surface area (Å²) in [6.07, 6.45) is 2.06. The maximum Gasteiger partial charge on any atom is 0.459 e. The minimum Gasteiger partial charge on any atom is -0.465 e. The Labute approximate surface area is 233 Å². The van der Waals surface area contributed by atoms with Crippen molar-refractivity contribution in [3.63, 3.8) is 0 Å². The van der Waals surface area contributed by atoms with Crippen molar-refractivity contribution >= 4 is 35.7 Å². The topological polar surface area (TPSA) is 158 Å². The zero-order valence-electron chi connectivity index (χ0n) is 21.3. The smallest absolute Gasteiger partial charge is 0.459 e. The molecule has 1 aliphatic heterocycles. The molecule has 1 saturated heterocycles. The van der Waals surface area contributed by atoms with Crippen LogP contribution in [0.3, 0.4) is 0 Å². The van der Waals surface area contributed by atoms with Crippen molar-refractivity contribution < 1.29 is 33.0 Å². The highest BCUT2D eigenvalue weighted by Crippen LogP contribution is 2.50. The average Bonchev–Trinajstić information content (AvgIpc) is 3.52. The Bertz CT molecular complexity index is 1340. The highest BCUT2D eigenvalue weighted by atomic mass is 79.9. The molecule has 0 radical (unpaired) electrons. The Kier molecular flexibility index (Phi) is 9.63. The van der Waals surface area contributed by atoms with Gasteiger partial charge in [-0.25, -0.2) is 9.36 Å².